The largest absolute Gasteiger partial charge is 0.272 e. The summed E-state index contributed by atoms with van der Waals surface area (Å²) in [6, 6.07) is 7.11. The predicted molar refractivity (Wildman–Crippen MR) is 99.7 cm³/mol. The molecule has 0 saturated carbocycles. The summed E-state index contributed by atoms with van der Waals surface area (Å²) in [5.74, 6) is -0.501. The van der Waals surface area contributed by atoms with E-state index in [1.54, 1.807) is 23.5 Å². The number of carbonyl (C=O) groups excluding carboxylic acids is 2. The van der Waals surface area contributed by atoms with E-state index in [4.69, 9.17) is 0 Å². The number of hydrogen-bond donors (Lipinski definition) is 2. The van der Waals surface area contributed by atoms with Crippen molar-refractivity contribution in [2.24, 2.45) is 0 Å². The maximum Gasteiger partial charge on any atom is 0.269 e. The number of hydrazine groups is 1. The number of aryl methyl sites for hydroxylation is 2. The summed E-state index contributed by atoms with van der Waals surface area (Å²) in [4.78, 5) is 32.4. The Morgan fingerprint density at radius 3 is 2.64 bits per heavy atom. The van der Waals surface area contributed by atoms with Gasteiger partial charge in [0.2, 0.25) is 5.91 Å². The smallest absolute Gasteiger partial charge is 0.269 e. The normalized spacial score (nSPS) is 10.6. The summed E-state index contributed by atoms with van der Waals surface area (Å²) in [6.45, 7) is 3.94. The molecule has 0 radical (unpaired) electrons. The van der Waals surface area contributed by atoms with Crippen LogP contribution in [0.25, 0.3) is 10.2 Å². The highest BCUT2D eigenvalue weighted by atomic mass is 32.2. The van der Waals surface area contributed by atoms with E-state index in [0.29, 0.717) is 5.56 Å². The van der Waals surface area contributed by atoms with E-state index < -0.39 is 0 Å². The van der Waals surface area contributed by atoms with Gasteiger partial charge in [0.15, 0.2) is 0 Å². The van der Waals surface area contributed by atoms with Crippen LogP contribution < -0.4 is 10.9 Å². The fraction of sp³-hybridized carbons (Fsp3) is 0.176. The number of amides is 2. The summed E-state index contributed by atoms with van der Waals surface area (Å²) < 4.78 is 0.974. The van der Waals surface area contributed by atoms with Crippen LogP contribution in [0.2, 0.25) is 0 Å². The Hall–Kier alpha value is -2.45. The second kappa shape index (κ2) is 7.62. The van der Waals surface area contributed by atoms with Gasteiger partial charge < -0.3 is 0 Å². The molecule has 2 aromatic heterocycles. The fourth-order valence-corrected chi connectivity index (χ4v) is 4.02. The number of fused-ring (bicyclic) bond motifs is 1. The van der Waals surface area contributed by atoms with Crippen molar-refractivity contribution >= 4 is 45.1 Å². The Morgan fingerprint density at radius 1 is 1.12 bits per heavy atom. The molecule has 0 fully saturated rings. The summed E-state index contributed by atoms with van der Waals surface area (Å²) in [5, 5.41) is 2.79. The molecule has 1 aromatic carbocycles. The minimum Gasteiger partial charge on any atom is -0.272 e. The number of nitrogens with zero attached hydrogens (tertiary/aromatic N) is 2. The zero-order valence-electron chi connectivity index (χ0n) is 13.7. The van der Waals surface area contributed by atoms with Gasteiger partial charge in [-0.05, 0) is 36.9 Å². The van der Waals surface area contributed by atoms with Crippen LogP contribution in [-0.2, 0) is 4.79 Å². The maximum absolute atomic E-state index is 12.0. The molecule has 8 heteroatoms. The summed E-state index contributed by atoms with van der Waals surface area (Å²) >= 11 is 2.88. The summed E-state index contributed by atoms with van der Waals surface area (Å²) in [5.41, 5.74) is 8.40. The van der Waals surface area contributed by atoms with Gasteiger partial charge in [0.05, 0.1) is 16.0 Å². The highest BCUT2D eigenvalue weighted by Gasteiger charge is 2.12. The fourth-order valence-electron chi connectivity index (χ4n) is 2.12. The van der Waals surface area contributed by atoms with Gasteiger partial charge in [-0.2, -0.15) is 0 Å². The van der Waals surface area contributed by atoms with E-state index in [0.717, 1.165) is 26.4 Å². The van der Waals surface area contributed by atoms with Gasteiger partial charge in [-0.1, -0.05) is 29.5 Å². The highest BCUT2D eigenvalue weighted by molar-refractivity contribution is 8.00. The van der Waals surface area contributed by atoms with Gasteiger partial charge in [-0.15, -0.1) is 11.3 Å². The van der Waals surface area contributed by atoms with Crippen LogP contribution in [0.4, 0.5) is 0 Å². The molecular formula is C17H16N4O2S2. The Balaban J connectivity index is 1.54. The molecule has 0 bridgehead atoms. The number of hydrogen-bond acceptors (Lipinski definition) is 6. The lowest BCUT2D eigenvalue weighted by Crippen LogP contribution is -2.42. The third-order valence-electron chi connectivity index (χ3n) is 3.47. The second-order valence-electron chi connectivity index (χ2n) is 5.43. The van der Waals surface area contributed by atoms with E-state index in [-0.39, 0.29) is 17.6 Å². The first-order valence-electron chi connectivity index (χ1n) is 7.52. The van der Waals surface area contributed by atoms with Crippen LogP contribution in [-0.4, -0.2) is 27.5 Å². The third kappa shape index (κ3) is 4.15. The van der Waals surface area contributed by atoms with Crippen LogP contribution in [0.1, 0.15) is 21.5 Å². The van der Waals surface area contributed by atoms with Gasteiger partial charge >= 0.3 is 0 Å². The monoisotopic (exact) mass is 372 g/mol. The third-order valence-corrected chi connectivity index (χ3v) is 5.68. The first-order valence-corrected chi connectivity index (χ1v) is 9.38. The van der Waals surface area contributed by atoms with Crippen LogP contribution in [0.3, 0.4) is 0 Å². The predicted octanol–water partition coefficient (Wildman–Crippen LogP) is 2.86. The van der Waals surface area contributed by atoms with Gasteiger partial charge in [0.25, 0.3) is 5.91 Å². The summed E-state index contributed by atoms with van der Waals surface area (Å²) in [7, 11) is 0. The number of thioether (sulfide) groups is 1. The van der Waals surface area contributed by atoms with E-state index in [9.17, 15) is 9.59 Å². The first kappa shape index (κ1) is 17.4. The van der Waals surface area contributed by atoms with E-state index in [2.05, 4.69) is 20.8 Å². The maximum atomic E-state index is 12.0. The molecule has 2 N–H and O–H groups in total. The molecule has 0 spiro atoms. The number of aromatic nitrogens is 2. The van der Waals surface area contributed by atoms with Crippen LogP contribution in [0.15, 0.2) is 41.0 Å². The average Bonchev–Trinajstić information content (AvgIpc) is 3.00. The molecule has 3 rings (SSSR count). The van der Waals surface area contributed by atoms with Gasteiger partial charge in [0, 0.05) is 5.56 Å². The standard InChI is InChI=1S/C17H16N4O2S2/c1-10-3-5-12(6-4-10)16(23)21-20-13(22)8-25-17-15-14(18-9-19-17)11(2)7-24-15/h3-7,9H,8H2,1-2H3,(H,20,22)(H,21,23). The number of benzene rings is 1. The molecule has 0 aliphatic heterocycles. The molecule has 2 heterocycles. The Bertz CT molecular complexity index is 922. The molecule has 25 heavy (non-hydrogen) atoms. The van der Waals surface area contributed by atoms with E-state index >= 15 is 0 Å². The zero-order valence-corrected chi connectivity index (χ0v) is 15.3. The van der Waals surface area contributed by atoms with E-state index in [1.807, 2.05) is 31.4 Å². The van der Waals surface area contributed by atoms with Crippen LogP contribution in [0.5, 0.6) is 0 Å². The molecule has 3 aromatic rings. The van der Waals surface area contributed by atoms with Gasteiger partial charge in [0.1, 0.15) is 11.4 Å². The average molecular weight is 372 g/mol. The van der Waals surface area contributed by atoms with Gasteiger partial charge in [-0.3, -0.25) is 20.4 Å². The lowest BCUT2D eigenvalue weighted by atomic mass is 10.1. The Morgan fingerprint density at radius 2 is 1.88 bits per heavy atom. The van der Waals surface area contributed by atoms with Crippen LogP contribution >= 0.6 is 23.1 Å². The number of nitrogens with one attached hydrogen (secondary N) is 2. The van der Waals surface area contributed by atoms with Crippen molar-refractivity contribution in [2.45, 2.75) is 18.9 Å². The van der Waals surface area contributed by atoms with Crippen molar-refractivity contribution in [1.29, 1.82) is 0 Å². The molecule has 6 nitrogen and oxygen atoms in total. The number of thiophene rings is 1. The topological polar surface area (TPSA) is 84.0 Å². The molecule has 0 atom stereocenters. The molecule has 0 saturated heterocycles. The van der Waals surface area contributed by atoms with Gasteiger partial charge in [-0.25, -0.2) is 9.97 Å². The molecule has 0 aliphatic carbocycles. The van der Waals surface area contributed by atoms with Crippen molar-refractivity contribution in [3.05, 3.63) is 52.7 Å². The second-order valence-corrected chi connectivity index (χ2v) is 7.28. The molecule has 2 amide bonds. The first-order chi connectivity index (χ1) is 12.0. The van der Waals surface area contributed by atoms with E-state index in [1.165, 1.54) is 18.1 Å². The number of carbonyl (C=O) groups is 2. The van der Waals surface area contributed by atoms with Crippen molar-refractivity contribution in [1.82, 2.24) is 20.8 Å². The SMILES string of the molecule is Cc1ccc(C(=O)NNC(=O)CSc2ncnc3c(C)csc23)cc1. The minimum absolute atomic E-state index is 0.150. The molecule has 0 aliphatic rings. The highest BCUT2D eigenvalue weighted by Crippen LogP contribution is 2.30. The Kier molecular flexibility index (Phi) is 5.30. The summed E-state index contributed by atoms with van der Waals surface area (Å²) in [6.07, 6.45) is 1.50. The van der Waals surface area contributed by atoms with Crippen molar-refractivity contribution in [3.63, 3.8) is 0 Å². The molecular weight excluding hydrogens is 356 g/mol. The van der Waals surface area contributed by atoms with Crippen molar-refractivity contribution in [3.8, 4) is 0 Å². The quantitative estimate of drug-likeness (QED) is 0.418. The Labute approximate surface area is 153 Å². The lowest BCUT2D eigenvalue weighted by molar-refractivity contribution is -0.119. The lowest BCUT2D eigenvalue weighted by Gasteiger charge is -2.07. The van der Waals surface area contributed by atoms with Crippen LogP contribution in [0, 0.1) is 13.8 Å². The minimum atomic E-state index is -0.350. The molecule has 0 unspecified atom stereocenters. The van der Waals surface area contributed by atoms with Crippen molar-refractivity contribution in [2.75, 3.05) is 5.75 Å². The number of rotatable bonds is 4. The molecule has 128 valence electrons. The van der Waals surface area contributed by atoms with Crippen molar-refractivity contribution < 1.29 is 9.59 Å². The zero-order chi connectivity index (χ0) is 17.8.